The molecule has 0 atom stereocenters. The van der Waals surface area contributed by atoms with Crippen molar-refractivity contribution in [3.8, 4) is 0 Å². The van der Waals surface area contributed by atoms with Gasteiger partial charge in [-0.2, -0.15) is 0 Å². The van der Waals surface area contributed by atoms with Crippen molar-refractivity contribution in [1.29, 1.82) is 0 Å². The summed E-state index contributed by atoms with van der Waals surface area (Å²) in [6.07, 6.45) is 1.71. The van der Waals surface area contributed by atoms with Gasteiger partial charge in [-0.25, -0.2) is 15.0 Å². The third-order valence-electron chi connectivity index (χ3n) is 4.70. The maximum absolute atomic E-state index is 5.55. The number of anilines is 2. The molecule has 0 amide bonds. The van der Waals surface area contributed by atoms with E-state index in [-0.39, 0.29) is 0 Å². The first-order valence-corrected chi connectivity index (χ1v) is 11.7. The Hall–Kier alpha value is -3.49. The number of nitrogens with one attached hydrogen (secondary N) is 1. The van der Waals surface area contributed by atoms with Crippen molar-refractivity contribution in [3.05, 3.63) is 77.6 Å². The Bertz CT molecular complexity index is 1420. The zero-order chi connectivity index (χ0) is 22.7. The van der Waals surface area contributed by atoms with E-state index in [4.69, 9.17) is 11.5 Å². The monoisotopic (exact) mass is 460 g/mol. The Labute approximate surface area is 194 Å². The number of aromatic nitrogens is 4. The molecular weight excluding hydrogens is 436 g/mol. The molecule has 3 heterocycles. The standard InChI is InChI=1S/2C8H8N2S.C8H8N2/c1-5-2-3-7-6(4-5)10-8(9)11-7;1-5-2-3-6-7(4-5)11-8(9)10-6;1-6-2-3-7-8(4-6)10-5-9-7/h2*2-4H,1H3,(H2,9,10);2-5H,1H3,(H,9,10). The lowest BCUT2D eigenvalue weighted by Crippen LogP contribution is -1.79. The Morgan fingerprint density at radius 2 is 1.25 bits per heavy atom. The lowest BCUT2D eigenvalue weighted by atomic mass is 10.2. The van der Waals surface area contributed by atoms with Gasteiger partial charge in [-0.15, -0.1) is 0 Å². The number of fused-ring (bicyclic) bond motifs is 3. The molecule has 0 fully saturated rings. The summed E-state index contributed by atoms with van der Waals surface area (Å²) in [5.74, 6) is 0. The van der Waals surface area contributed by atoms with Gasteiger partial charge in [0.2, 0.25) is 0 Å². The van der Waals surface area contributed by atoms with Crippen LogP contribution < -0.4 is 11.5 Å². The Morgan fingerprint density at radius 3 is 2.03 bits per heavy atom. The van der Waals surface area contributed by atoms with Gasteiger partial charge in [-0.3, -0.25) is 0 Å². The third kappa shape index (κ3) is 5.22. The fourth-order valence-corrected chi connectivity index (χ4v) is 4.70. The first-order chi connectivity index (χ1) is 15.4. The van der Waals surface area contributed by atoms with Crippen LogP contribution in [0.1, 0.15) is 16.7 Å². The highest BCUT2D eigenvalue weighted by Gasteiger charge is 1.99. The van der Waals surface area contributed by atoms with Crippen LogP contribution in [0.25, 0.3) is 31.5 Å². The molecule has 8 heteroatoms. The fourth-order valence-electron chi connectivity index (χ4n) is 3.15. The van der Waals surface area contributed by atoms with Crippen LogP contribution in [0.15, 0.2) is 60.9 Å². The summed E-state index contributed by atoms with van der Waals surface area (Å²) in [7, 11) is 0. The molecule has 6 rings (SSSR count). The summed E-state index contributed by atoms with van der Waals surface area (Å²) in [5.41, 5.74) is 19.0. The van der Waals surface area contributed by atoms with Crippen molar-refractivity contribution >= 4 is 64.4 Å². The average Bonchev–Trinajstić information content (AvgIpc) is 3.44. The molecule has 3 aromatic carbocycles. The molecule has 0 saturated heterocycles. The van der Waals surface area contributed by atoms with Gasteiger partial charge in [-0.05, 0) is 73.9 Å². The predicted molar refractivity (Wildman–Crippen MR) is 138 cm³/mol. The molecule has 6 aromatic rings. The van der Waals surface area contributed by atoms with Crippen LogP contribution >= 0.6 is 22.7 Å². The maximum atomic E-state index is 5.55. The molecule has 6 nitrogen and oxygen atoms in total. The van der Waals surface area contributed by atoms with Crippen molar-refractivity contribution in [2.45, 2.75) is 20.8 Å². The summed E-state index contributed by atoms with van der Waals surface area (Å²) in [5, 5.41) is 1.29. The normalized spacial score (nSPS) is 10.6. The van der Waals surface area contributed by atoms with E-state index in [1.807, 2.05) is 24.3 Å². The number of rotatable bonds is 0. The molecule has 0 saturated carbocycles. The fraction of sp³-hybridized carbons (Fsp3) is 0.125. The second kappa shape index (κ2) is 9.33. The lowest BCUT2D eigenvalue weighted by Gasteiger charge is -1.89. The number of nitrogens with zero attached hydrogens (tertiary/aromatic N) is 3. The summed E-state index contributed by atoms with van der Waals surface area (Å²) in [6, 6.07) is 18.5. The zero-order valence-electron chi connectivity index (χ0n) is 18.1. The first kappa shape index (κ1) is 21.7. The number of thiazole rings is 2. The summed E-state index contributed by atoms with van der Waals surface area (Å²) >= 11 is 3.06. The minimum Gasteiger partial charge on any atom is -0.375 e. The van der Waals surface area contributed by atoms with E-state index in [0.717, 1.165) is 26.8 Å². The number of nitrogen functional groups attached to an aromatic ring is 2. The largest absolute Gasteiger partial charge is 0.375 e. The third-order valence-corrected chi connectivity index (χ3v) is 6.41. The van der Waals surface area contributed by atoms with Gasteiger partial charge >= 0.3 is 0 Å². The molecule has 0 aliphatic carbocycles. The summed E-state index contributed by atoms with van der Waals surface area (Å²) in [6.45, 7) is 6.19. The van der Waals surface area contributed by atoms with Gasteiger partial charge in [0, 0.05) is 0 Å². The van der Waals surface area contributed by atoms with Crippen molar-refractivity contribution < 1.29 is 0 Å². The van der Waals surface area contributed by atoms with Crippen LogP contribution in [0.3, 0.4) is 0 Å². The van der Waals surface area contributed by atoms with Crippen molar-refractivity contribution in [3.63, 3.8) is 0 Å². The highest BCUT2D eigenvalue weighted by molar-refractivity contribution is 7.22. The lowest BCUT2D eigenvalue weighted by molar-refractivity contribution is 1.34. The Kier molecular flexibility index (Phi) is 6.34. The predicted octanol–water partition coefficient (Wildman–Crippen LogP) is 6.25. The number of aromatic amines is 1. The van der Waals surface area contributed by atoms with Gasteiger partial charge in [-0.1, -0.05) is 40.9 Å². The second-order valence-corrected chi connectivity index (χ2v) is 9.59. The highest BCUT2D eigenvalue weighted by atomic mass is 32.1. The average molecular weight is 461 g/mol. The van der Waals surface area contributed by atoms with Crippen LogP contribution in [0.2, 0.25) is 0 Å². The Balaban J connectivity index is 0.000000115. The van der Waals surface area contributed by atoms with E-state index in [2.05, 4.69) is 71.0 Å². The van der Waals surface area contributed by atoms with Gasteiger partial charge in [0.05, 0.1) is 37.8 Å². The molecule has 32 heavy (non-hydrogen) atoms. The maximum Gasteiger partial charge on any atom is 0.181 e. The number of nitrogens with two attached hydrogens (primary N) is 2. The van der Waals surface area contributed by atoms with E-state index in [1.165, 1.54) is 44.1 Å². The van der Waals surface area contributed by atoms with E-state index in [9.17, 15) is 0 Å². The molecule has 0 bridgehead atoms. The van der Waals surface area contributed by atoms with E-state index in [1.54, 1.807) is 6.33 Å². The van der Waals surface area contributed by atoms with Gasteiger partial charge < -0.3 is 16.5 Å². The van der Waals surface area contributed by atoms with Crippen molar-refractivity contribution in [2.24, 2.45) is 0 Å². The molecule has 0 aliphatic rings. The summed E-state index contributed by atoms with van der Waals surface area (Å²) in [4.78, 5) is 15.5. The van der Waals surface area contributed by atoms with Crippen LogP contribution in [0, 0.1) is 20.8 Å². The minimum absolute atomic E-state index is 0.644. The SMILES string of the molecule is Cc1ccc2nc(N)sc2c1.Cc1ccc2nc[nH]c2c1.Cc1ccc2sc(N)nc2c1. The van der Waals surface area contributed by atoms with Crippen molar-refractivity contribution in [2.75, 3.05) is 11.5 Å². The number of hydrogen-bond acceptors (Lipinski definition) is 7. The number of aryl methyl sites for hydroxylation is 3. The smallest absolute Gasteiger partial charge is 0.181 e. The van der Waals surface area contributed by atoms with E-state index >= 15 is 0 Å². The van der Waals surface area contributed by atoms with E-state index in [0.29, 0.717) is 10.3 Å². The minimum atomic E-state index is 0.644. The molecule has 3 aromatic heterocycles. The van der Waals surface area contributed by atoms with Crippen LogP contribution in [-0.4, -0.2) is 19.9 Å². The first-order valence-electron chi connectivity index (χ1n) is 10.0. The van der Waals surface area contributed by atoms with Gasteiger partial charge in [0.25, 0.3) is 0 Å². The Morgan fingerprint density at radius 1 is 0.656 bits per heavy atom. The number of hydrogen-bond donors (Lipinski definition) is 3. The zero-order valence-corrected chi connectivity index (χ0v) is 19.7. The molecule has 0 unspecified atom stereocenters. The second-order valence-electron chi connectivity index (χ2n) is 7.47. The number of benzene rings is 3. The molecule has 0 spiro atoms. The van der Waals surface area contributed by atoms with Gasteiger partial charge in [0.1, 0.15) is 0 Å². The van der Waals surface area contributed by atoms with Crippen LogP contribution in [0.4, 0.5) is 10.3 Å². The van der Waals surface area contributed by atoms with Crippen molar-refractivity contribution in [1.82, 2.24) is 19.9 Å². The molecular formula is C24H24N6S2. The highest BCUT2D eigenvalue weighted by Crippen LogP contribution is 2.24. The quantitative estimate of drug-likeness (QED) is 0.248. The molecule has 5 N–H and O–H groups in total. The number of H-pyrrole nitrogens is 1. The molecule has 162 valence electrons. The van der Waals surface area contributed by atoms with Gasteiger partial charge in [0.15, 0.2) is 10.3 Å². The summed E-state index contributed by atoms with van der Waals surface area (Å²) < 4.78 is 2.33. The van der Waals surface area contributed by atoms with E-state index < -0.39 is 0 Å². The van der Waals surface area contributed by atoms with Crippen LogP contribution in [-0.2, 0) is 0 Å². The number of imidazole rings is 1. The molecule has 0 radical (unpaired) electrons. The molecule has 0 aliphatic heterocycles. The topological polar surface area (TPSA) is 106 Å². The van der Waals surface area contributed by atoms with Crippen LogP contribution in [0.5, 0.6) is 0 Å².